The Morgan fingerprint density at radius 2 is 0.795 bits per heavy atom. The Morgan fingerprint density at radius 3 is 1.23 bits per heavy atom. The van der Waals surface area contributed by atoms with E-state index in [9.17, 15) is 35.1 Å². The second-order valence-electron chi connectivity index (χ2n) is 24.6. The Kier molecular flexibility index (Phi) is 58.0. The highest BCUT2D eigenvalue weighted by Gasteiger charge is 2.44. The van der Waals surface area contributed by atoms with E-state index in [0.29, 0.717) is 19.4 Å². The van der Waals surface area contributed by atoms with Crippen LogP contribution in [0.5, 0.6) is 0 Å². The summed E-state index contributed by atoms with van der Waals surface area (Å²) in [5.41, 5.74) is 0. The van der Waals surface area contributed by atoms with E-state index in [4.69, 9.17) is 14.2 Å². The van der Waals surface area contributed by atoms with Crippen LogP contribution in [0, 0.1) is 0 Å². The van der Waals surface area contributed by atoms with Crippen LogP contribution in [0.4, 0.5) is 0 Å². The number of hydrogen-bond donors (Lipinski definition) is 6. The number of allylic oxidation sites excluding steroid dienone is 7. The maximum atomic E-state index is 13.1. The molecule has 83 heavy (non-hydrogen) atoms. The quantitative estimate of drug-likeness (QED) is 0.0195. The van der Waals surface area contributed by atoms with E-state index in [2.05, 4.69) is 55.6 Å². The van der Waals surface area contributed by atoms with Crippen molar-refractivity contribution in [2.24, 2.45) is 0 Å². The molecule has 1 heterocycles. The predicted molar refractivity (Wildman–Crippen MR) is 347 cm³/mol. The number of unbranched alkanes of at least 4 members (excludes halogenated alkanes) is 42. The van der Waals surface area contributed by atoms with Gasteiger partial charge in [0.05, 0.1) is 32.0 Å². The van der Waals surface area contributed by atoms with Gasteiger partial charge in [0.25, 0.3) is 0 Å². The summed E-state index contributed by atoms with van der Waals surface area (Å²) in [7, 11) is 0. The zero-order valence-electron chi connectivity index (χ0n) is 53.9. The first kappa shape index (κ1) is 78.6. The second kappa shape index (κ2) is 61.3. The smallest absolute Gasteiger partial charge is 0.305 e. The Hall–Kier alpha value is -2.38. The molecule has 0 aliphatic carbocycles. The first-order chi connectivity index (χ1) is 40.7. The zero-order chi connectivity index (χ0) is 60.2. The molecule has 6 N–H and O–H groups in total. The minimum Gasteiger partial charge on any atom is -0.466 e. The molecule has 1 rings (SSSR count). The van der Waals surface area contributed by atoms with Crippen molar-refractivity contribution in [3.63, 3.8) is 0 Å². The normalized spacial score (nSPS) is 18.4. The molecule has 0 spiro atoms. The van der Waals surface area contributed by atoms with Gasteiger partial charge in [0.1, 0.15) is 24.4 Å². The summed E-state index contributed by atoms with van der Waals surface area (Å²) in [6.07, 6.45) is 69.7. The summed E-state index contributed by atoms with van der Waals surface area (Å²) >= 11 is 0. The number of amides is 1. The van der Waals surface area contributed by atoms with Crippen molar-refractivity contribution < 1.29 is 49.3 Å². The largest absolute Gasteiger partial charge is 0.466 e. The van der Waals surface area contributed by atoms with Gasteiger partial charge in [0.15, 0.2) is 6.29 Å². The topological polar surface area (TPSA) is 175 Å². The minimum atomic E-state index is -1.58. The molecule has 7 atom stereocenters. The molecule has 0 aromatic heterocycles. The first-order valence-corrected chi connectivity index (χ1v) is 35.4. The fourth-order valence-electron chi connectivity index (χ4n) is 11.0. The Morgan fingerprint density at radius 1 is 0.434 bits per heavy atom. The molecule has 0 aromatic rings. The van der Waals surface area contributed by atoms with Crippen LogP contribution >= 0.6 is 0 Å². The van der Waals surface area contributed by atoms with Gasteiger partial charge in [0.2, 0.25) is 5.91 Å². The second-order valence-corrected chi connectivity index (χ2v) is 24.6. The van der Waals surface area contributed by atoms with E-state index in [1.54, 1.807) is 6.08 Å². The van der Waals surface area contributed by atoms with Gasteiger partial charge in [0, 0.05) is 12.8 Å². The highest BCUT2D eigenvalue weighted by molar-refractivity contribution is 5.76. The molecule has 1 aliphatic rings. The maximum Gasteiger partial charge on any atom is 0.305 e. The molecule has 0 radical (unpaired) electrons. The first-order valence-electron chi connectivity index (χ1n) is 35.4. The van der Waals surface area contributed by atoms with Gasteiger partial charge < -0.3 is 45.1 Å². The van der Waals surface area contributed by atoms with Crippen LogP contribution < -0.4 is 5.32 Å². The van der Waals surface area contributed by atoms with Crippen LogP contribution in [0.15, 0.2) is 48.6 Å². The van der Waals surface area contributed by atoms with Crippen molar-refractivity contribution in [2.75, 3.05) is 19.8 Å². The van der Waals surface area contributed by atoms with Crippen LogP contribution in [-0.2, 0) is 23.8 Å². The van der Waals surface area contributed by atoms with E-state index in [1.807, 2.05) is 6.08 Å². The third kappa shape index (κ3) is 50.3. The fraction of sp³-hybridized carbons (Fsp3) is 0.861. The number of aliphatic hydroxyl groups is 5. The summed E-state index contributed by atoms with van der Waals surface area (Å²) < 4.78 is 16.7. The van der Waals surface area contributed by atoms with Crippen molar-refractivity contribution >= 4 is 11.9 Å². The van der Waals surface area contributed by atoms with Crippen molar-refractivity contribution in [3.8, 4) is 0 Å². The zero-order valence-corrected chi connectivity index (χ0v) is 53.9. The van der Waals surface area contributed by atoms with Crippen molar-refractivity contribution in [1.82, 2.24) is 5.32 Å². The van der Waals surface area contributed by atoms with Crippen molar-refractivity contribution in [1.29, 1.82) is 0 Å². The van der Waals surface area contributed by atoms with Crippen LogP contribution in [0.25, 0.3) is 0 Å². The number of ether oxygens (including phenoxy) is 3. The van der Waals surface area contributed by atoms with E-state index >= 15 is 0 Å². The monoisotopic (exact) mass is 1170 g/mol. The molecular formula is C72H133NO10. The van der Waals surface area contributed by atoms with Crippen LogP contribution in [0.1, 0.15) is 335 Å². The SMILES string of the molecule is CCCC/C=C\CCCCCCCC(=O)OCCCCCCCCCCCCCC/C=C\CCCCCCCCCCCCCCCCCCC(=O)NC(COC1OC(CO)C(O)C(O)C1O)C(O)/C=C/CC/C=C/CCCCCCCC. The molecule has 0 aromatic carbocycles. The van der Waals surface area contributed by atoms with Gasteiger partial charge in [-0.2, -0.15) is 0 Å². The van der Waals surface area contributed by atoms with Gasteiger partial charge in [-0.3, -0.25) is 9.59 Å². The molecule has 11 nitrogen and oxygen atoms in total. The van der Waals surface area contributed by atoms with E-state index in [-0.39, 0.29) is 18.5 Å². The lowest BCUT2D eigenvalue weighted by molar-refractivity contribution is -0.302. The molecule has 0 saturated carbocycles. The average molecular weight is 1170 g/mol. The Balaban J connectivity index is 1.96. The van der Waals surface area contributed by atoms with Crippen molar-refractivity contribution in [3.05, 3.63) is 48.6 Å². The highest BCUT2D eigenvalue weighted by Crippen LogP contribution is 2.23. The number of carbonyl (C=O) groups excluding carboxylic acids is 2. The molecule has 1 aliphatic heterocycles. The lowest BCUT2D eigenvalue weighted by atomic mass is 9.99. The number of aliphatic hydroxyl groups excluding tert-OH is 5. The summed E-state index contributed by atoms with van der Waals surface area (Å²) in [5.74, 6) is -0.190. The van der Waals surface area contributed by atoms with E-state index in [0.717, 1.165) is 57.8 Å². The van der Waals surface area contributed by atoms with Gasteiger partial charge in [-0.15, -0.1) is 0 Å². The van der Waals surface area contributed by atoms with Gasteiger partial charge in [-0.25, -0.2) is 0 Å². The molecule has 486 valence electrons. The molecular weight excluding hydrogens is 1040 g/mol. The summed E-state index contributed by atoms with van der Waals surface area (Å²) in [6.45, 7) is 4.30. The van der Waals surface area contributed by atoms with Crippen LogP contribution in [0.2, 0.25) is 0 Å². The molecule has 7 unspecified atom stereocenters. The predicted octanol–water partition coefficient (Wildman–Crippen LogP) is 18.0. The van der Waals surface area contributed by atoms with E-state index in [1.165, 1.54) is 250 Å². The number of carbonyl (C=O) groups is 2. The minimum absolute atomic E-state index is 0.000832. The third-order valence-electron chi connectivity index (χ3n) is 16.6. The molecule has 0 bridgehead atoms. The van der Waals surface area contributed by atoms with Crippen LogP contribution in [0.3, 0.4) is 0 Å². The molecule has 1 fully saturated rings. The van der Waals surface area contributed by atoms with Gasteiger partial charge in [-0.05, 0) is 89.9 Å². The standard InChI is InChI=1S/C72H133NO10/c1-3-5-7-9-11-13-15-39-42-46-50-54-58-65(75)64(63-82-72-71(80)70(79)69(78)66(62-74)83-72)73-67(76)59-55-51-47-43-40-36-34-32-30-28-26-24-22-20-18-16-17-19-21-23-25-27-29-31-33-35-37-41-45-49-53-57-61-81-68(77)60-56-52-48-44-38-14-12-10-8-6-4-2/h10,12,19,21,39,42,54,58,64-66,69-72,74-75,78-80H,3-9,11,13-18,20,22-38,40-41,43-53,55-57,59-63H2,1-2H3,(H,73,76)/b12-10-,21-19-,42-39+,58-54+. The molecule has 1 amide bonds. The summed E-state index contributed by atoms with van der Waals surface area (Å²) in [4.78, 5) is 25.1. The Labute approximate surface area is 510 Å². The number of nitrogens with one attached hydrogen (secondary N) is 1. The number of hydrogen-bond acceptors (Lipinski definition) is 10. The lowest BCUT2D eigenvalue weighted by Crippen LogP contribution is -2.60. The van der Waals surface area contributed by atoms with Crippen LogP contribution in [-0.4, -0.2) is 100 Å². The maximum absolute atomic E-state index is 13.1. The average Bonchev–Trinajstić information content (AvgIpc) is 3.69. The molecule has 11 heteroatoms. The number of esters is 1. The Bertz CT molecular complexity index is 1520. The summed E-state index contributed by atoms with van der Waals surface area (Å²) in [6, 6.07) is -0.826. The lowest BCUT2D eigenvalue weighted by Gasteiger charge is -2.40. The van der Waals surface area contributed by atoms with Gasteiger partial charge >= 0.3 is 5.97 Å². The third-order valence-corrected chi connectivity index (χ3v) is 16.6. The number of rotatable bonds is 62. The fourth-order valence-corrected chi connectivity index (χ4v) is 11.0. The summed E-state index contributed by atoms with van der Waals surface area (Å²) in [5, 5.41) is 54.4. The van der Waals surface area contributed by atoms with Crippen molar-refractivity contribution in [2.45, 2.75) is 378 Å². The van der Waals surface area contributed by atoms with Gasteiger partial charge in [-0.1, -0.05) is 281 Å². The van der Waals surface area contributed by atoms with E-state index < -0.39 is 49.5 Å². The molecule has 1 saturated heterocycles. The highest BCUT2D eigenvalue weighted by atomic mass is 16.7.